The average molecular weight is 358 g/mol. The second kappa shape index (κ2) is 7.93. The molecule has 1 N–H and O–H groups in total. The Bertz CT molecular complexity index is 806. The maximum atomic E-state index is 12.0. The predicted molar refractivity (Wildman–Crippen MR) is 93.0 cm³/mol. The average Bonchev–Trinajstić information content (AvgIpc) is 3.11. The van der Waals surface area contributed by atoms with Gasteiger partial charge in [-0.1, -0.05) is 11.8 Å². The third-order valence-electron chi connectivity index (χ3n) is 3.07. The van der Waals surface area contributed by atoms with E-state index in [9.17, 15) is 4.79 Å². The van der Waals surface area contributed by atoms with E-state index in [1.54, 1.807) is 18.6 Å². The Morgan fingerprint density at radius 3 is 2.75 bits per heavy atom. The number of thioether (sulfide) groups is 1. The van der Waals surface area contributed by atoms with Gasteiger partial charge in [0.15, 0.2) is 5.16 Å². The molecular weight excluding hydrogens is 344 g/mol. The Morgan fingerprint density at radius 2 is 2.04 bits per heavy atom. The van der Waals surface area contributed by atoms with Gasteiger partial charge >= 0.3 is 0 Å². The summed E-state index contributed by atoms with van der Waals surface area (Å²) >= 11 is 2.95. The molecule has 3 aromatic heterocycles. The van der Waals surface area contributed by atoms with Gasteiger partial charge in [-0.15, -0.1) is 11.3 Å². The van der Waals surface area contributed by atoms with Gasteiger partial charge in [0.1, 0.15) is 10.7 Å². The molecule has 0 saturated heterocycles. The van der Waals surface area contributed by atoms with Crippen LogP contribution >= 0.6 is 23.1 Å². The van der Waals surface area contributed by atoms with Crippen LogP contribution in [0.4, 0.5) is 0 Å². The summed E-state index contributed by atoms with van der Waals surface area (Å²) in [5.74, 6) is -0.188. The van der Waals surface area contributed by atoms with E-state index in [1.165, 1.54) is 35.5 Å². The minimum Gasteiger partial charge on any atom is -0.352 e. The largest absolute Gasteiger partial charge is 0.352 e. The summed E-state index contributed by atoms with van der Waals surface area (Å²) in [5, 5.41) is 6.28. The van der Waals surface area contributed by atoms with E-state index in [1.807, 2.05) is 11.6 Å². The molecular formula is C15H14N6OS2. The summed E-state index contributed by atoms with van der Waals surface area (Å²) < 4.78 is 0. The number of aromatic nitrogens is 5. The van der Waals surface area contributed by atoms with E-state index >= 15 is 0 Å². The first kappa shape index (κ1) is 16.5. The molecule has 0 fully saturated rings. The van der Waals surface area contributed by atoms with Crippen LogP contribution in [0.3, 0.4) is 0 Å². The van der Waals surface area contributed by atoms with Gasteiger partial charge in [0.2, 0.25) is 0 Å². The summed E-state index contributed by atoms with van der Waals surface area (Å²) in [6, 6.07) is 0. The maximum Gasteiger partial charge on any atom is 0.254 e. The number of thiazole rings is 1. The highest BCUT2D eigenvalue weighted by Crippen LogP contribution is 2.20. The summed E-state index contributed by atoms with van der Waals surface area (Å²) in [4.78, 5) is 33.0. The lowest BCUT2D eigenvalue weighted by atomic mass is 10.3. The molecule has 0 unspecified atom stereocenters. The molecule has 0 aliphatic heterocycles. The van der Waals surface area contributed by atoms with Crippen molar-refractivity contribution in [2.45, 2.75) is 11.6 Å². The molecule has 0 aromatic carbocycles. The zero-order chi connectivity index (χ0) is 16.8. The van der Waals surface area contributed by atoms with Crippen LogP contribution in [0.15, 0.2) is 41.5 Å². The summed E-state index contributed by atoms with van der Waals surface area (Å²) in [6.07, 6.45) is 10.5. The first-order valence-electron chi connectivity index (χ1n) is 7.11. The number of nitrogens with one attached hydrogen (secondary N) is 1. The lowest BCUT2D eigenvalue weighted by Crippen LogP contribution is -2.26. The van der Waals surface area contributed by atoms with E-state index in [0.717, 1.165) is 16.4 Å². The summed E-state index contributed by atoms with van der Waals surface area (Å²) in [6.45, 7) is 0.493. The van der Waals surface area contributed by atoms with Crippen LogP contribution in [-0.4, -0.2) is 43.6 Å². The number of amides is 1. The molecule has 24 heavy (non-hydrogen) atoms. The molecule has 0 atom stereocenters. The summed E-state index contributed by atoms with van der Waals surface area (Å²) in [7, 11) is 0. The zero-order valence-corrected chi connectivity index (χ0v) is 14.5. The molecule has 0 spiro atoms. The minimum atomic E-state index is -0.188. The van der Waals surface area contributed by atoms with Crippen molar-refractivity contribution < 1.29 is 4.79 Å². The van der Waals surface area contributed by atoms with Crippen molar-refractivity contribution in [3.05, 3.63) is 47.6 Å². The highest BCUT2D eigenvalue weighted by atomic mass is 32.2. The lowest BCUT2D eigenvalue weighted by molar-refractivity contribution is 0.0953. The molecule has 0 aliphatic rings. The van der Waals surface area contributed by atoms with Crippen LogP contribution in [0.1, 0.15) is 16.1 Å². The lowest BCUT2D eigenvalue weighted by Gasteiger charge is -2.03. The fraction of sp³-hybridized carbons (Fsp3) is 0.200. The molecule has 0 saturated carbocycles. The quantitative estimate of drug-likeness (QED) is 0.532. The fourth-order valence-corrected chi connectivity index (χ4v) is 3.02. The topological polar surface area (TPSA) is 93.6 Å². The van der Waals surface area contributed by atoms with E-state index in [2.05, 4.69) is 30.2 Å². The number of hydrogen-bond donors (Lipinski definition) is 1. The van der Waals surface area contributed by atoms with Gasteiger partial charge in [-0.05, 0) is 6.26 Å². The van der Waals surface area contributed by atoms with Crippen LogP contribution in [0, 0.1) is 0 Å². The van der Waals surface area contributed by atoms with Gasteiger partial charge in [0.05, 0.1) is 17.5 Å². The Hall–Kier alpha value is -2.39. The van der Waals surface area contributed by atoms with Gasteiger partial charge in [0.25, 0.3) is 5.91 Å². The molecule has 9 heteroatoms. The van der Waals surface area contributed by atoms with Crippen molar-refractivity contribution in [3.8, 4) is 10.7 Å². The first-order chi connectivity index (χ1) is 11.8. The van der Waals surface area contributed by atoms with Crippen LogP contribution in [0.2, 0.25) is 0 Å². The number of carbonyl (C=O) groups excluding carboxylic acids is 1. The molecule has 122 valence electrons. The second-order valence-corrected chi connectivity index (χ2v) is 6.33. The van der Waals surface area contributed by atoms with Crippen molar-refractivity contribution in [2.24, 2.45) is 0 Å². The van der Waals surface area contributed by atoms with E-state index in [4.69, 9.17) is 0 Å². The molecule has 0 aliphatic carbocycles. The Labute approximate surface area is 147 Å². The minimum absolute atomic E-state index is 0.188. The highest BCUT2D eigenvalue weighted by Gasteiger charge is 2.09. The zero-order valence-electron chi connectivity index (χ0n) is 12.8. The van der Waals surface area contributed by atoms with Crippen molar-refractivity contribution >= 4 is 29.0 Å². The maximum absolute atomic E-state index is 12.0. The van der Waals surface area contributed by atoms with Crippen molar-refractivity contribution in [1.82, 2.24) is 30.2 Å². The Balaban J connectivity index is 1.53. The van der Waals surface area contributed by atoms with Gasteiger partial charge in [-0.25, -0.2) is 15.0 Å². The van der Waals surface area contributed by atoms with Gasteiger partial charge in [0, 0.05) is 43.1 Å². The second-order valence-electron chi connectivity index (χ2n) is 4.70. The fourth-order valence-electron chi connectivity index (χ4n) is 1.89. The number of hydrogen-bond acceptors (Lipinski definition) is 8. The normalized spacial score (nSPS) is 10.5. The highest BCUT2D eigenvalue weighted by molar-refractivity contribution is 7.98. The van der Waals surface area contributed by atoms with E-state index in [0.29, 0.717) is 23.7 Å². The number of carbonyl (C=O) groups is 1. The van der Waals surface area contributed by atoms with Gasteiger partial charge in [-0.3, -0.25) is 14.8 Å². The number of rotatable bonds is 6. The van der Waals surface area contributed by atoms with E-state index < -0.39 is 0 Å². The molecule has 7 nitrogen and oxygen atoms in total. The van der Waals surface area contributed by atoms with Crippen molar-refractivity contribution in [3.63, 3.8) is 0 Å². The standard InChI is InChI=1S/C15H14N6OS2/c1-23-15-19-6-10(7-20-15)13(22)18-3-2-11-9-24-14(21-11)12-8-16-4-5-17-12/h4-9H,2-3H2,1H3,(H,18,22). The molecule has 0 radical (unpaired) electrons. The smallest absolute Gasteiger partial charge is 0.254 e. The summed E-state index contributed by atoms with van der Waals surface area (Å²) in [5.41, 5.74) is 2.12. The molecule has 0 bridgehead atoms. The molecule has 3 aromatic rings. The Kier molecular flexibility index (Phi) is 5.44. The first-order valence-corrected chi connectivity index (χ1v) is 9.21. The number of nitrogens with zero attached hydrogens (tertiary/aromatic N) is 5. The van der Waals surface area contributed by atoms with Crippen LogP contribution in [0.25, 0.3) is 10.7 Å². The molecule has 3 heterocycles. The SMILES string of the molecule is CSc1ncc(C(=O)NCCc2csc(-c3cnccn3)n2)cn1. The monoisotopic (exact) mass is 358 g/mol. The van der Waals surface area contributed by atoms with E-state index in [-0.39, 0.29) is 5.91 Å². The van der Waals surface area contributed by atoms with Crippen LogP contribution in [-0.2, 0) is 6.42 Å². The third-order valence-corrected chi connectivity index (χ3v) is 4.56. The molecule has 1 amide bonds. The van der Waals surface area contributed by atoms with Crippen molar-refractivity contribution in [2.75, 3.05) is 12.8 Å². The van der Waals surface area contributed by atoms with Gasteiger partial charge < -0.3 is 5.32 Å². The van der Waals surface area contributed by atoms with Gasteiger partial charge in [-0.2, -0.15) is 0 Å². The third kappa shape index (κ3) is 4.12. The predicted octanol–water partition coefficient (Wildman–Crippen LogP) is 2.08. The van der Waals surface area contributed by atoms with Crippen molar-refractivity contribution in [1.29, 1.82) is 0 Å². The Morgan fingerprint density at radius 1 is 1.21 bits per heavy atom. The van der Waals surface area contributed by atoms with Crippen LogP contribution in [0.5, 0.6) is 0 Å². The molecule has 3 rings (SSSR count). The van der Waals surface area contributed by atoms with Crippen LogP contribution < -0.4 is 5.32 Å².